The molecule has 0 aliphatic carbocycles. The zero-order chi connectivity index (χ0) is 18.9. The molecule has 2 N–H and O–H groups in total. The van der Waals surface area contributed by atoms with Crippen molar-refractivity contribution >= 4 is 11.0 Å². The van der Waals surface area contributed by atoms with Gasteiger partial charge in [-0.15, -0.1) is 0 Å². The second-order valence-corrected chi connectivity index (χ2v) is 7.39. The number of ether oxygens (including phenoxy) is 1. The van der Waals surface area contributed by atoms with Crippen molar-refractivity contribution in [1.29, 1.82) is 5.26 Å². The smallest absolute Gasteiger partial charge is 0.141 e. The molecule has 6 heteroatoms. The van der Waals surface area contributed by atoms with E-state index in [0.29, 0.717) is 34.7 Å². The summed E-state index contributed by atoms with van der Waals surface area (Å²) in [6.07, 6.45) is 5.55. The Hall–Kier alpha value is -2.91. The SMILES string of the molecule is CC1(COc2ccnc3[nH]cc(-c4ccc(C#N)cc4F)c23)CCNCC1. The van der Waals surface area contributed by atoms with Gasteiger partial charge in [0, 0.05) is 28.9 Å². The third-order valence-corrected chi connectivity index (χ3v) is 5.31. The van der Waals surface area contributed by atoms with E-state index in [0.717, 1.165) is 31.3 Å². The molecule has 0 bridgehead atoms. The number of pyridine rings is 1. The first-order valence-corrected chi connectivity index (χ1v) is 9.09. The zero-order valence-electron chi connectivity index (χ0n) is 15.2. The predicted octanol–water partition coefficient (Wildman–Crippen LogP) is 4.01. The summed E-state index contributed by atoms with van der Waals surface area (Å²) >= 11 is 0. The molecule has 0 unspecified atom stereocenters. The van der Waals surface area contributed by atoms with E-state index in [4.69, 9.17) is 10.00 Å². The molecule has 1 aromatic carbocycles. The Labute approximate surface area is 157 Å². The number of hydrogen-bond acceptors (Lipinski definition) is 4. The average molecular weight is 364 g/mol. The Kier molecular flexibility index (Phi) is 4.54. The van der Waals surface area contributed by atoms with Crippen LogP contribution in [-0.2, 0) is 0 Å². The van der Waals surface area contributed by atoms with Crippen LogP contribution in [0.1, 0.15) is 25.3 Å². The van der Waals surface area contributed by atoms with E-state index in [-0.39, 0.29) is 5.41 Å². The summed E-state index contributed by atoms with van der Waals surface area (Å²) in [5, 5.41) is 13.1. The second kappa shape index (κ2) is 7.01. The van der Waals surface area contributed by atoms with E-state index in [1.54, 1.807) is 24.5 Å². The van der Waals surface area contributed by atoms with Crippen molar-refractivity contribution in [1.82, 2.24) is 15.3 Å². The lowest BCUT2D eigenvalue weighted by Gasteiger charge is -2.33. The van der Waals surface area contributed by atoms with Crippen LogP contribution >= 0.6 is 0 Å². The summed E-state index contributed by atoms with van der Waals surface area (Å²) in [6, 6.07) is 8.28. The number of nitrogens with one attached hydrogen (secondary N) is 2. The summed E-state index contributed by atoms with van der Waals surface area (Å²) in [5.74, 6) is 0.259. The Morgan fingerprint density at radius 3 is 2.81 bits per heavy atom. The maximum atomic E-state index is 14.6. The molecule has 1 fully saturated rings. The van der Waals surface area contributed by atoms with Gasteiger partial charge in [0.05, 0.1) is 23.6 Å². The number of H-pyrrole nitrogens is 1. The summed E-state index contributed by atoms with van der Waals surface area (Å²) in [5.41, 5.74) is 2.18. The van der Waals surface area contributed by atoms with Gasteiger partial charge in [-0.3, -0.25) is 0 Å². The summed E-state index contributed by atoms with van der Waals surface area (Å²) < 4.78 is 20.8. The fourth-order valence-electron chi connectivity index (χ4n) is 3.59. The Balaban J connectivity index is 1.71. The molecule has 2 aromatic heterocycles. The molecule has 0 radical (unpaired) electrons. The van der Waals surface area contributed by atoms with Crippen LogP contribution in [0.25, 0.3) is 22.2 Å². The number of aromatic amines is 1. The van der Waals surface area contributed by atoms with Crippen molar-refractivity contribution in [2.45, 2.75) is 19.8 Å². The van der Waals surface area contributed by atoms with Crippen molar-refractivity contribution in [3.8, 4) is 22.9 Å². The van der Waals surface area contributed by atoms with E-state index in [1.807, 2.05) is 12.1 Å². The lowest BCUT2D eigenvalue weighted by atomic mass is 9.82. The Bertz CT molecular complexity index is 1010. The third-order valence-electron chi connectivity index (χ3n) is 5.31. The van der Waals surface area contributed by atoms with Gasteiger partial charge in [-0.05, 0) is 44.1 Å². The Morgan fingerprint density at radius 1 is 1.26 bits per heavy atom. The highest BCUT2D eigenvalue weighted by atomic mass is 19.1. The van der Waals surface area contributed by atoms with Crippen LogP contribution in [-0.4, -0.2) is 29.7 Å². The lowest BCUT2D eigenvalue weighted by molar-refractivity contribution is 0.124. The van der Waals surface area contributed by atoms with Gasteiger partial charge in [-0.25, -0.2) is 9.37 Å². The molecule has 1 aliphatic heterocycles. The minimum absolute atomic E-state index is 0.122. The highest BCUT2D eigenvalue weighted by molar-refractivity contribution is 5.98. The normalized spacial score (nSPS) is 16.2. The first-order valence-electron chi connectivity index (χ1n) is 9.09. The molecule has 5 nitrogen and oxygen atoms in total. The first-order chi connectivity index (χ1) is 13.1. The molecule has 3 aromatic rings. The summed E-state index contributed by atoms with van der Waals surface area (Å²) in [7, 11) is 0. The molecule has 1 aliphatic rings. The van der Waals surface area contributed by atoms with Gasteiger partial charge in [0.1, 0.15) is 17.2 Å². The highest BCUT2D eigenvalue weighted by Crippen LogP contribution is 2.37. The van der Waals surface area contributed by atoms with Crippen molar-refractivity contribution < 1.29 is 9.13 Å². The third kappa shape index (κ3) is 3.38. The van der Waals surface area contributed by atoms with E-state index in [2.05, 4.69) is 22.2 Å². The van der Waals surface area contributed by atoms with Gasteiger partial charge in [0.2, 0.25) is 0 Å². The number of nitriles is 1. The fraction of sp³-hybridized carbons (Fsp3) is 0.333. The van der Waals surface area contributed by atoms with Crippen LogP contribution < -0.4 is 10.1 Å². The number of piperidine rings is 1. The van der Waals surface area contributed by atoms with Gasteiger partial charge in [-0.1, -0.05) is 13.0 Å². The molecular formula is C21H21FN4O. The fourth-order valence-corrected chi connectivity index (χ4v) is 3.59. The number of hydrogen-bond donors (Lipinski definition) is 2. The number of rotatable bonds is 4. The minimum Gasteiger partial charge on any atom is -0.492 e. The summed E-state index contributed by atoms with van der Waals surface area (Å²) in [4.78, 5) is 7.44. The number of fused-ring (bicyclic) bond motifs is 1. The van der Waals surface area contributed by atoms with Crippen LogP contribution in [0.3, 0.4) is 0 Å². The van der Waals surface area contributed by atoms with E-state index >= 15 is 0 Å². The number of nitrogens with zero attached hydrogens (tertiary/aromatic N) is 2. The van der Waals surface area contributed by atoms with Crippen LogP contribution in [0.15, 0.2) is 36.7 Å². The molecule has 0 spiro atoms. The number of benzene rings is 1. The number of aromatic nitrogens is 2. The molecule has 4 rings (SSSR count). The molecule has 0 amide bonds. The van der Waals surface area contributed by atoms with Crippen molar-refractivity contribution in [3.63, 3.8) is 0 Å². The van der Waals surface area contributed by atoms with Gasteiger partial charge < -0.3 is 15.0 Å². The van der Waals surface area contributed by atoms with E-state index in [9.17, 15) is 4.39 Å². The van der Waals surface area contributed by atoms with E-state index in [1.165, 1.54) is 6.07 Å². The second-order valence-electron chi connectivity index (χ2n) is 7.39. The molecular weight excluding hydrogens is 343 g/mol. The van der Waals surface area contributed by atoms with Crippen molar-refractivity contribution in [3.05, 3.63) is 48.0 Å². The molecule has 0 saturated carbocycles. The van der Waals surface area contributed by atoms with Gasteiger partial charge in [-0.2, -0.15) is 5.26 Å². The minimum atomic E-state index is -0.435. The molecule has 27 heavy (non-hydrogen) atoms. The van der Waals surface area contributed by atoms with Crippen molar-refractivity contribution in [2.24, 2.45) is 5.41 Å². The molecule has 1 saturated heterocycles. The highest BCUT2D eigenvalue weighted by Gasteiger charge is 2.28. The number of halogens is 1. The first kappa shape index (κ1) is 17.5. The van der Waals surface area contributed by atoms with Crippen molar-refractivity contribution in [2.75, 3.05) is 19.7 Å². The molecule has 3 heterocycles. The van der Waals surface area contributed by atoms with Gasteiger partial charge >= 0.3 is 0 Å². The average Bonchev–Trinajstić information content (AvgIpc) is 3.11. The zero-order valence-corrected chi connectivity index (χ0v) is 15.2. The van der Waals surface area contributed by atoms with Crippen LogP contribution in [0.5, 0.6) is 5.75 Å². The Morgan fingerprint density at radius 2 is 2.07 bits per heavy atom. The monoisotopic (exact) mass is 364 g/mol. The van der Waals surface area contributed by atoms with Gasteiger partial charge in [0.25, 0.3) is 0 Å². The quantitative estimate of drug-likeness (QED) is 0.734. The largest absolute Gasteiger partial charge is 0.492 e. The van der Waals surface area contributed by atoms with Gasteiger partial charge in [0.15, 0.2) is 0 Å². The van der Waals surface area contributed by atoms with Crippen LogP contribution in [0, 0.1) is 22.6 Å². The topological polar surface area (TPSA) is 73.7 Å². The van der Waals surface area contributed by atoms with E-state index < -0.39 is 5.82 Å². The maximum Gasteiger partial charge on any atom is 0.141 e. The molecule has 138 valence electrons. The maximum absolute atomic E-state index is 14.6. The van der Waals surface area contributed by atoms with Crippen LogP contribution in [0.2, 0.25) is 0 Å². The standard InChI is InChI=1S/C21H21FN4O/c1-21(5-8-24-9-6-21)13-27-18-4-7-25-20-19(18)16(12-26-20)15-3-2-14(11-23)10-17(15)22/h2-4,7,10,12,24H,5-6,8-9,13H2,1H3,(H,25,26). The predicted molar refractivity (Wildman–Crippen MR) is 102 cm³/mol. The lowest BCUT2D eigenvalue weighted by Crippen LogP contribution is -2.38. The molecule has 0 atom stereocenters. The summed E-state index contributed by atoms with van der Waals surface area (Å²) in [6.45, 7) is 4.84. The van der Waals surface area contributed by atoms with Crippen LogP contribution in [0.4, 0.5) is 4.39 Å².